The van der Waals surface area contributed by atoms with E-state index in [4.69, 9.17) is 0 Å². The average molecular weight is 396 g/mol. The molecular weight excluding hydrogens is 362 g/mol. The predicted molar refractivity (Wildman–Crippen MR) is 116 cm³/mol. The van der Waals surface area contributed by atoms with Crippen molar-refractivity contribution in [1.29, 1.82) is 0 Å². The lowest BCUT2D eigenvalue weighted by molar-refractivity contribution is -0.144. The highest BCUT2D eigenvalue weighted by Gasteiger charge is 2.58. The fourth-order valence-corrected chi connectivity index (χ4v) is 4.60. The van der Waals surface area contributed by atoms with Crippen molar-refractivity contribution in [3.63, 3.8) is 0 Å². The minimum absolute atomic E-state index is 0.0378. The van der Waals surface area contributed by atoms with Crippen molar-refractivity contribution < 1.29 is 9.59 Å². The van der Waals surface area contributed by atoms with Crippen molar-refractivity contribution in [2.24, 2.45) is 5.41 Å². The molecule has 0 radical (unpaired) electrons. The number of hydrogen-bond acceptors (Lipinski definition) is 3. The van der Waals surface area contributed by atoms with Gasteiger partial charge in [-0.25, -0.2) is 0 Å². The van der Waals surface area contributed by atoms with E-state index in [9.17, 15) is 9.59 Å². The van der Waals surface area contributed by atoms with Crippen molar-refractivity contribution in [3.8, 4) is 0 Å². The molecule has 0 bridgehead atoms. The second-order valence-corrected chi connectivity index (χ2v) is 8.81. The number of aryl methyl sites for hydroxylation is 1. The predicted octanol–water partition coefficient (Wildman–Crippen LogP) is 3.43. The molecule has 0 spiro atoms. The fourth-order valence-electron chi connectivity index (χ4n) is 4.60. The zero-order valence-electron chi connectivity index (χ0n) is 17.6. The highest BCUT2D eigenvalue weighted by molar-refractivity contribution is 6.07. The van der Waals surface area contributed by atoms with Gasteiger partial charge in [0.05, 0.1) is 0 Å². The van der Waals surface area contributed by atoms with Crippen LogP contribution in [0, 0.1) is 12.3 Å². The molecule has 1 heterocycles. The van der Waals surface area contributed by atoms with Crippen molar-refractivity contribution in [2.75, 3.05) is 37.6 Å². The Morgan fingerprint density at radius 3 is 2.55 bits per heavy atom. The molecule has 1 aromatic carbocycles. The lowest BCUT2D eigenvalue weighted by atomic mass is 9.97. The van der Waals surface area contributed by atoms with E-state index in [0.717, 1.165) is 25.9 Å². The second-order valence-electron chi connectivity index (χ2n) is 8.81. The Balaban J connectivity index is 1.27. The normalized spacial score (nSPS) is 20.8. The van der Waals surface area contributed by atoms with Gasteiger partial charge in [-0.05, 0) is 69.6 Å². The summed E-state index contributed by atoms with van der Waals surface area (Å²) >= 11 is 0. The SMILES string of the molecule is Cc1cccc(N2CCN(C(=O)C3(C(=O)NCCC4=CCCCC4)CC3)CC2)c1. The maximum absolute atomic E-state index is 13.1. The molecule has 2 aliphatic carbocycles. The Kier molecular flexibility index (Phi) is 5.93. The first-order valence-corrected chi connectivity index (χ1v) is 11.2. The summed E-state index contributed by atoms with van der Waals surface area (Å²) in [5.74, 6) is -0.0178. The number of nitrogens with zero attached hydrogens (tertiary/aromatic N) is 2. The maximum Gasteiger partial charge on any atom is 0.238 e. The van der Waals surface area contributed by atoms with Crippen molar-refractivity contribution >= 4 is 17.5 Å². The molecule has 5 heteroatoms. The molecule has 1 saturated heterocycles. The van der Waals surface area contributed by atoms with Crippen LogP contribution in [0.5, 0.6) is 0 Å². The zero-order chi connectivity index (χ0) is 20.3. The zero-order valence-corrected chi connectivity index (χ0v) is 17.6. The summed E-state index contributed by atoms with van der Waals surface area (Å²) in [6, 6.07) is 8.50. The molecule has 0 aromatic heterocycles. The number of benzene rings is 1. The summed E-state index contributed by atoms with van der Waals surface area (Å²) in [7, 11) is 0. The molecule has 156 valence electrons. The summed E-state index contributed by atoms with van der Waals surface area (Å²) in [5.41, 5.74) is 3.14. The van der Waals surface area contributed by atoms with E-state index in [-0.39, 0.29) is 11.8 Å². The van der Waals surface area contributed by atoms with Gasteiger partial charge in [-0.3, -0.25) is 9.59 Å². The van der Waals surface area contributed by atoms with Gasteiger partial charge in [0.15, 0.2) is 0 Å². The highest BCUT2D eigenvalue weighted by atomic mass is 16.2. The number of anilines is 1. The standard InChI is InChI=1S/C24H33N3O2/c1-19-6-5-9-21(18-19)26-14-16-27(17-15-26)23(29)24(11-12-24)22(28)25-13-10-20-7-3-2-4-8-20/h5-7,9,18H,2-4,8,10-17H2,1H3,(H,25,28). The lowest BCUT2D eigenvalue weighted by Gasteiger charge is -2.37. The number of carbonyl (C=O) groups excluding carboxylic acids is 2. The largest absolute Gasteiger partial charge is 0.368 e. The van der Waals surface area contributed by atoms with Crippen LogP contribution in [0.25, 0.3) is 0 Å². The van der Waals surface area contributed by atoms with E-state index in [2.05, 4.69) is 47.5 Å². The molecule has 4 rings (SSSR count). The van der Waals surface area contributed by atoms with Gasteiger partial charge in [0, 0.05) is 38.4 Å². The van der Waals surface area contributed by atoms with Gasteiger partial charge in [-0.15, -0.1) is 0 Å². The first-order valence-electron chi connectivity index (χ1n) is 11.2. The average Bonchev–Trinajstić information content (AvgIpc) is 3.56. The third kappa shape index (κ3) is 4.49. The number of hydrogen-bond donors (Lipinski definition) is 1. The molecule has 1 N–H and O–H groups in total. The minimum atomic E-state index is -0.785. The van der Waals surface area contributed by atoms with E-state index in [1.165, 1.54) is 36.1 Å². The van der Waals surface area contributed by atoms with Crippen LogP contribution in [0.15, 0.2) is 35.9 Å². The number of allylic oxidation sites excluding steroid dienone is 1. The number of amides is 2. The molecule has 2 amide bonds. The fraction of sp³-hybridized carbons (Fsp3) is 0.583. The first kappa shape index (κ1) is 20.0. The molecule has 2 fully saturated rings. The number of carbonyl (C=O) groups is 2. The maximum atomic E-state index is 13.1. The molecule has 29 heavy (non-hydrogen) atoms. The van der Waals surface area contributed by atoms with Gasteiger partial charge in [0.1, 0.15) is 5.41 Å². The third-order valence-electron chi connectivity index (χ3n) is 6.64. The summed E-state index contributed by atoms with van der Waals surface area (Å²) in [5, 5.41) is 3.06. The van der Waals surface area contributed by atoms with Gasteiger partial charge in [-0.1, -0.05) is 23.8 Å². The van der Waals surface area contributed by atoms with E-state index in [1.54, 1.807) is 0 Å². The van der Waals surface area contributed by atoms with Crippen LogP contribution in [-0.2, 0) is 9.59 Å². The summed E-state index contributed by atoms with van der Waals surface area (Å²) < 4.78 is 0. The van der Waals surface area contributed by atoms with Crippen LogP contribution >= 0.6 is 0 Å². The lowest BCUT2D eigenvalue weighted by Crippen LogP contribution is -2.53. The molecule has 1 aliphatic heterocycles. The molecule has 0 unspecified atom stereocenters. The highest BCUT2D eigenvalue weighted by Crippen LogP contribution is 2.47. The number of rotatable bonds is 6. The Labute approximate surface area is 174 Å². The minimum Gasteiger partial charge on any atom is -0.368 e. The summed E-state index contributed by atoms with van der Waals surface area (Å²) in [6.45, 7) is 5.77. The topological polar surface area (TPSA) is 52.7 Å². The summed E-state index contributed by atoms with van der Waals surface area (Å²) in [4.78, 5) is 30.1. The van der Waals surface area contributed by atoms with Crippen molar-refractivity contribution in [1.82, 2.24) is 10.2 Å². The van der Waals surface area contributed by atoms with E-state index in [1.807, 2.05) is 4.90 Å². The summed E-state index contributed by atoms with van der Waals surface area (Å²) in [6.07, 6.45) is 9.50. The first-order chi connectivity index (χ1) is 14.1. The molecular formula is C24H33N3O2. The van der Waals surface area contributed by atoms with E-state index in [0.29, 0.717) is 32.5 Å². The van der Waals surface area contributed by atoms with Crippen LogP contribution in [-0.4, -0.2) is 49.4 Å². The molecule has 3 aliphatic rings. The van der Waals surface area contributed by atoms with Gasteiger partial charge in [0.2, 0.25) is 11.8 Å². The Bertz CT molecular complexity index is 789. The third-order valence-corrected chi connectivity index (χ3v) is 6.64. The molecule has 1 saturated carbocycles. The molecule has 1 aromatic rings. The Morgan fingerprint density at radius 1 is 1.10 bits per heavy atom. The van der Waals surface area contributed by atoms with E-state index < -0.39 is 5.41 Å². The Morgan fingerprint density at radius 2 is 1.90 bits per heavy atom. The molecule has 5 nitrogen and oxygen atoms in total. The molecule has 0 atom stereocenters. The Hall–Kier alpha value is -2.30. The van der Waals surface area contributed by atoms with Crippen LogP contribution in [0.3, 0.4) is 0 Å². The van der Waals surface area contributed by atoms with Crippen LogP contribution in [0.1, 0.15) is 50.5 Å². The van der Waals surface area contributed by atoms with Crippen LogP contribution in [0.4, 0.5) is 5.69 Å². The van der Waals surface area contributed by atoms with Gasteiger partial charge in [-0.2, -0.15) is 0 Å². The van der Waals surface area contributed by atoms with Gasteiger partial charge < -0.3 is 15.1 Å². The van der Waals surface area contributed by atoms with Crippen LogP contribution < -0.4 is 10.2 Å². The van der Waals surface area contributed by atoms with Crippen molar-refractivity contribution in [3.05, 3.63) is 41.5 Å². The number of piperazine rings is 1. The van der Waals surface area contributed by atoms with Gasteiger partial charge in [0.25, 0.3) is 0 Å². The quantitative estimate of drug-likeness (QED) is 0.593. The number of nitrogens with one attached hydrogen (secondary N) is 1. The van der Waals surface area contributed by atoms with Crippen LogP contribution in [0.2, 0.25) is 0 Å². The van der Waals surface area contributed by atoms with Gasteiger partial charge >= 0.3 is 0 Å². The van der Waals surface area contributed by atoms with Crippen molar-refractivity contribution in [2.45, 2.75) is 51.9 Å². The second kappa shape index (κ2) is 8.60. The smallest absolute Gasteiger partial charge is 0.238 e. The van der Waals surface area contributed by atoms with E-state index >= 15 is 0 Å². The monoisotopic (exact) mass is 395 g/mol.